The minimum absolute atomic E-state index is 0.178. The predicted molar refractivity (Wildman–Crippen MR) is 76.7 cm³/mol. The van der Waals surface area contributed by atoms with Crippen molar-refractivity contribution in [2.24, 2.45) is 0 Å². The number of allylic oxidation sites excluding steroid dienone is 1. The van der Waals surface area contributed by atoms with E-state index in [0.29, 0.717) is 17.7 Å². The summed E-state index contributed by atoms with van der Waals surface area (Å²) in [6.45, 7) is 9.32. The second-order valence-corrected chi connectivity index (χ2v) is 7.80. The molecule has 0 amide bonds. The zero-order valence-corrected chi connectivity index (χ0v) is 12.4. The van der Waals surface area contributed by atoms with Crippen LogP contribution in [0.2, 0.25) is 0 Å². The predicted octanol–water partition coefficient (Wildman–Crippen LogP) is 4.17. The third-order valence-electron chi connectivity index (χ3n) is 2.84. The molecule has 0 aliphatic rings. The molecule has 1 nitrogen and oxygen atoms in total. The summed E-state index contributed by atoms with van der Waals surface area (Å²) in [6.07, 6.45) is 2.23. The van der Waals surface area contributed by atoms with Gasteiger partial charge < -0.3 is 0 Å². The highest BCUT2D eigenvalue weighted by molar-refractivity contribution is 7.86. The molecule has 2 atom stereocenters. The van der Waals surface area contributed by atoms with Crippen LogP contribution >= 0.6 is 0 Å². The van der Waals surface area contributed by atoms with Gasteiger partial charge in [0.05, 0.1) is 0 Å². The Morgan fingerprint density at radius 2 is 1.79 bits per heavy atom. The summed E-state index contributed by atoms with van der Waals surface area (Å²) in [5.74, 6) is -1.02. The topological polar surface area (TPSA) is 17.1 Å². The molecule has 0 aliphatic carbocycles. The zero-order valence-electron chi connectivity index (χ0n) is 11.6. The molecule has 1 rings (SSSR count). The van der Waals surface area contributed by atoms with Gasteiger partial charge in [0, 0.05) is 27.4 Å². The molecule has 0 aliphatic heterocycles. The molecule has 106 valence electrons. The molecule has 0 N–H and O–H groups in total. The molecule has 1 aromatic carbocycles. The van der Waals surface area contributed by atoms with Crippen LogP contribution in [0.3, 0.4) is 0 Å². The van der Waals surface area contributed by atoms with Gasteiger partial charge >= 0.3 is 0 Å². The Morgan fingerprint density at radius 1 is 1.26 bits per heavy atom. The number of hydrogen-bond donors (Lipinski definition) is 0. The highest BCUT2D eigenvalue weighted by atomic mass is 32.2. The van der Waals surface area contributed by atoms with Crippen molar-refractivity contribution in [1.82, 2.24) is 0 Å². The normalized spacial score (nSPS) is 15.0. The summed E-state index contributed by atoms with van der Waals surface area (Å²) in [5, 5.41) is 0. The highest BCUT2D eigenvalue weighted by Crippen LogP contribution is 2.26. The molecule has 0 heterocycles. The van der Waals surface area contributed by atoms with Gasteiger partial charge in [0.1, 0.15) is 11.6 Å². The van der Waals surface area contributed by atoms with Crippen molar-refractivity contribution in [2.45, 2.75) is 37.9 Å². The number of rotatable bonds is 5. The van der Waals surface area contributed by atoms with Crippen molar-refractivity contribution in [3.63, 3.8) is 0 Å². The second kappa shape index (κ2) is 6.42. The van der Waals surface area contributed by atoms with Crippen LogP contribution in [0.1, 0.15) is 38.7 Å². The van der Waals surface area contributed by atoms with Crippen LogP contribution in [-0.4, -0.2) is 14.7 Å². The van der Waals surface area contributed by atoms with Gasteiger partial charge in [-0.25, -0.2) is 8.78 Å². The minimum atomic E-state index is -1.08. The molecule has 4 heteroatoms. The number of hydrogen-bond acceptors (Lipinski definition) is 1. The molecule has 19 heavy (non-hydrogen) atoms. The molecule has 0 spiro atoms. The standard InChI is InChI=1S/C15H20F2OS/c1-5-6-11(10-19(18)15(2,3)4)12-7-13(16)9-14(17)8-12/h5,7-9,11H,1,6,10H2,2-4H3/t11?,19-/m1/s1. The quantitative estimate of drug-likeness (QED) is 0.742. The van der Waals surface area contributed by atoms with E-state index in [4.69, 9.17) is 0 Å². The maximum absolute atomic E-state index is 13.3. The van der Waals surface area contributed by atoms with Gasteiger partial charge in [0.2, 0.25) is 0 Å². The third kappa shape index (κ3) is 4.86. The van der Waals surface area contributed by atoms with Gasteiger partial charge in [-0.05, 0) is 50.8 Å². The summed E-state index contributed by atoms with van der Waals surface area (Å²) in [6, 6.07) is 3.45. The maximum Gasteiger partial charge on any atom is 0.126 e. The fraction of sp³-hybridized carbons (Fsp3) is 0.467. The van der Waals surface area contributed by atoms with Crippen molar-refractivity contribution in [1.29, 1.82) is 0 Å². The zero-order chi connectivity index (χ0) is 14.6. The van der Waals surface area contributed by atoms with E-state index in [2.05, 4.69) is 6.58 Å². The third-order valence-corrected chi connectivity index (χ3v) is 4.91. The molecule has 1 unspecified atom stereocenters. The van der Waals surface area contributed by atoms with E-state index in [9.17, 15) is 13.0 Å². The van der Waals surface area contributed by atoms with Crippen LogP contribution in [0.5, 0.6) is 0 Å². The Balaban J connectivity index is 3.00. The van der Waals surface area contributed by atoms with Gasteiger partial charge in [-0.15, -0.1) is 6.58 Å². The molecule has 0 saturated heterocycles. The van der Waals surface area contributed by atoms with E-state index < -0.39 is 22.4 Å². The Labute approximate surface area is 116 Å². The van der Waals surface area contributed by atoms with Gasteiger partial charge in [-0.3, -0.25) is 4.21 Å². The largest absolute Gasteiger partial charge is 0.259 e. The lowest BCUT2D eigenvalue weighted by atomic mass is 9.97. The average molecular weight is 286 g/mol. The van der Waals surface area contributed by atoms with Gasteiger partial charge in [-0.1, -0.05) is 6.08 Å². The fourth-order valence-corrected chi connectivity index (χ4v) is 2.94. The summed E-state index contributed by atoms with van der Waals surface area (Å²) >= 11 is 0. The van der Waals surface area contributed by atoms with Crippen LogP contribution in [0, 0.1) is 11.6 Å². The van der Waals surface area contributed by atoms with Crippen LogP contribution in [0.25, 0.3) is 0 Å². The molecular weight excluding hydrogens is 266 g/mol. The van der Waals surface area contributed by atoms with E-state index >= 15 is 0 Å². The molecule has 0 bridgehead atoms. The monoisotopic (exact) mass is 286 g/mol. The molecule has 1 aromatic rings. The second-order valence-electron chi connectivity index (χ2n) is 5.55. The van der Waals surface area contributed by atoms with E-state index in [1.807, 2.05) is 20.8 Å². The summed E-state index contributed by atoms with van der Waals surface area (Å²) in [5.41, 5.74) is 0.537. The number of halogens is 2. The van der Waals surface area contributed by atoms with Crippen molar-refractivity contribution in [2.75, 3.05) is 5.75 Å². The van der Waals surface area contributed by atoms with E-state index in [1.54, 1.807) is 6.08 Å². The lowest BCUT2D eigenvalue weighted by Crippen LogP contribution is -2.26. The SMILES string of the molecule is C=CCC(C[S@@](=O)C(C)(C)C)c1cc(F)cc(F)c1. The highest BCUT2D eigenvalue weighted by Gasteiger charge is 2.24. The minimum Gasteiger partial charge on any atom is -0.259 e. The molecule has 0 fully saturated rings. The Hall–Kier alpha value is -1.03. The van der Waals surface area contributed by atoms with Crippen molar-refractivity contribution in [3.05, 3.63) is 48.1 Å². The van der Waals surface area contributed by atoms with Crippen LogP contribution in [0.15, 0.2) is 30.9 Å². The maximum atomic E-state index is 13.3. The van der Waals surface area contributed by atoms with Crippen molar-refractivity contribution < 1.29 is 13.0 Å². The lowest BCUT2D eigenvalue weighted by Gasteiger charge is -2.22. The molecule has 0 saturated carbocycles. The van der Waals surface area contributed by atoms with Gasteiger partial charge in [0.15, 0.2) is 0 Å². The smallest absolute Gasteiger partial charge is 0.126 e. The summed E-state index contributed by atoms with van der Waals surface area (Å²) in [4.78, 5) is 0. The van der Waals surface area contributed by atoms with Gasteiger partial charge in [-0.2, -0.15) is 0 Å². The van der Waals surface area contributed by atoms with Crippen molar-refractivity contribution in [3.8, 4) is 0 Å². The first kappa shape index (κ1) is 16.0. The first-order valence-corrected chi connectivity index (χ1v) is 7.51. The molecule has 0 radical (unpaired) electrons. The van der Waals surface area contributed by atoms with Crippen LogP contribution in [0.4, 0.5) is 8.78 Å². The Kier molecular flexibility index (Phi) is 5.41. The first-order chi connectivity index (χ1) is 8.74. The summed E-state index contributed by atoms with van der Waals surface area (Å²) in [7, 11) is -1.08. The molecule has 0 aromatic heterocycles. The Morgan fingerprint density at radius 3 is 2.21 bits per heavy atom. The van der Waals surface area contributed by atoms with E-state index in [1.165, 1.54) is 12.1 Å². The Bertz CT molecular complexity index is 457. The van der Waals surface area contributed by atoms with Crippen molar-refractivity contribution >= 4 is 10.8 Å². The average Bonchev–Trinajstić information content (AvgIpc) is 2.25. The first-order valence-electron chi connectivity index (χ1n) is 6.19. The van der Waals surface area contributed by atoms with Gasteiger partial charge in [0.25, 0.3) is 0 Å². The fourth-order valence-electron chi connectivity index (χ4n) is 1.75. The van der Waals surface area contributed by atoms with E-state index in [0.717, 1.165) is 6.07 Å². The number of benzene rings is 1. The lowest BCUT2D eigenvalue weighted by molar-refractivity contribution is 0.574. The van der Waals surface area contributed by atoms with Crippen LogP contribution < -0.4 is 0 Å². The molecular formula is C15H20F2OS. The van der Waals surface area contributed by atoms with E-state index in [-0.39, 0.29) is 10.7 Å². The van der Waals surface area contributed by atoms with Crippen LogP contribution in [-0.2, 0) is 10.8 Å². The summed E-state index contributed by atoms with van der Waals surface area (Å²) < 4.78 is 38.4.